The van der Waals surface area contributed by atoms with E-state index in [1.165, 1.54) is 24.3 Å². The first-order valence-corrected chi connectivity index (χ1v) is 7.90. The minimum absolute atomic E-state index is 0.0733. The molecule has 1 N–H and O–H groups in total. The van der Waals surface area contributed by atoms with Crippen LogP contribution >= 0.6 is 0 Å². The second-order valence-electron chi connectivity index (χ2n) is 5.84. The van der Waals surface area contributed by atoms with Gasteiger partial charge in [0.2, 0.25) is 11.8 Å². The molecule has 5 heteroatoms. The quantitative estimate of drug-likeness (QED) is 0.787. The highest BCUT2D eigenvalue weighted by Gasteiger charge is 2.57. The molecule has 0 bridgehead atoms. The lowest BCUT2D eigenvalue weighted by Gasteiger charge is -2.26. The number of nitrogens with one attached hydrogen (secondary N) is 1. The van der Waals surface area contributed by atoms with Gasteiger partial charge < -0.3 is 10.2 Å². The van der Waals surface area contributed by atoms with Crippen molar-refractivity contribution in [3.63, 3.8) is 0 Å². The summed E-state index contributed by atoms with van der Waals surface area (Å²) < 4.78 is 12.9. The van der Waals surface area contributed by atoms with E-state index in [4.69, 9.17) is 0 Å². The van der Waals surface area contributed by atoms with Crippen LogP contribution in [0.5, 0.6) is 0 Å². The van der Waals surface area contributed by atoms with Gasteiger partial charge in [-0.1, -0.05) is 13.8 Å². The topological polar surface area (TPSA) is 49.4 Å². The average molecular weight is 306 g/mol. The Morgan fingerprint density at radius 2 is 1.68 bits per heavy atom. The van der Waals surface area contributed by atoms with Crippen LogP contribution in [0, 0.1) is 11.2 Å². The molecule has 1 aliphatic carbocycles. The van der Waals surface area contributed by atoms with E-state index >= 15 is 0 Å². The van der Waals surface area contributed by atoms with Crippen LogP contribution in [0.25, 0.3) is 0 Å². The maximum absolute atomic E-state index is 12.9. The Morgan fingerprint density at radius 3 is 2.14 bits per heavy atom. The van der Waals surface area contributed by atoms with Gasteiger partial charge in [0.1, 0.15) is 11.2 Å². The third-order valence-corrected chi connectivity index (χ3v) is 3.97. The van der Waals surface area contributed by atoms with E-state index in [1.54, 1.807) is 4.90 Å². The first-order chi connectivity index (χ1) is 10.5. The second-order valence-corrected chi connectivity index (χ2v) is 5.84. The fraction of sp³-hybridized carbons (Fsp3) is 0.529. The van der Waals surface area contributed by atoms with Crippen LogP contribution in [0.3, 0.4) is 0 Å². The Morgan fingerprint density at radius 1 is 1.14 bits per heavy atom. The molecule has 1 aromatic carbocycles. The van der Waals surface area contributed by atoms with E-state index in [2.05, 4.69) is 5.32 Å². The summed E-state index contributed by atoms with van der Waals surface area (Å²) in [6.45, 7) is 5.40. The number of amides is 2. The van der Waals surface area contributed by atoms with Gasteiger partial charge in [-0.05, 0) is 49.9 Å². The highest BCUT2D eigenvalue weighted by molar-refractivity contribution is 6.13. The number of rotatable bonds is 7. The summed E-state index contributed by atoms with van der Waals surface area (Å²) in [7, 11) is 0. The van der Waals surface area contributed by atoms with Crippen LogP contribution in [0.2, 0.25) is 0 Å². The summed E-state index contributed by atoms with van der Waals surface area (Å²) in [6, 6.07) is 5.59. The third kappa shape index (κ3) is 3.46. The smallest absolute Gasteiger partial charge is 0.240 e. The lowest BCUT2D eigenvalue weighted by Crippen LogP contribution is -2.43. The van der Waals surface area contributed by atoms with Crippen molar-refractivity contribution in [2.24, 2.45) is 5.41 Å². The minimum Gasteiger partial charge on any atom is -0.342 e. The molecule has 1 saturated carbocycles. The van der Waals surface area contributed by atoms with Gasteiger partial charge in [-0.15, -0.1) is 0 Å². The lowest BCUT2D eigenvalue weighted by atomic mass is 10.0. The number of halogens is 1. The Bertz CT molecular complexity index is 532. The van der Waals surface area contributed by atoms with Crippen molar-refractivity contribution < 1.29 is 14.0 Å². The van der Waals surface area contributed by atoms with E-state index < -0.39 is 5.41 Å². The summed E-state index contributed by atoms with van der Waals surface area (Å²) in [6.07, 6.45) is 2.92. The number of benzene rings is 1. The van der Waals surface area contributed by atoms with Gasteiger partial charge in [0, 0.05) is 18.8 Å². The van der Waals surface area contributed by atoms with Crippen LogP contribution < -0.4 is 5.32 Å². The van der Waals surface area contributed by atoms with E-state index in [0.29, 0.717) is 31.6 Å². The number of hydrogen-bond acceptors (Lipinski definition) is 2. The zero-order valence-corrected chi connectivity index (χ0v) is 13.2. The molecule has 0 saturated heterocycles. The maximum Gasteiger partial charge on any atom is 0.240 e. The van der Waals surface area contributed by atoms with Crippen molar-refractivity contribution in [1.29, 1.82) is 0 Å². The monoisotopic (exact) mass is 306 g/mol. The van der Waals surface area contributed by atoms with Gasteiger partial charge >= 0.3 is 0 Å². The highest BCUT2D eigenvalue weighted by atomic mass is 19.1. The van der Waals surface area contributed by atoms with Crippen LogP contribution in [0.15, 0.2) is 24.3 Å². The van der Waals surface area contributed by atoms with Crippen LogP contribution in [-0.2, 0) is 9.59 Å². The molecule has 0 aliphatic heterocycles. The molecule has 2 rings (SSSR count). The molecule has 1 aromatic rings. The second kappa shape index (κ2) is 6.90. The number of carbonyl (C=O) groups excluding carboxylic acids is 2. The van der Waals surface area contributed by atoms with Crippen molar-refractivity contribution >= 4 is 17.5 Å². The highest BCUT2D eigenvalue weighted by Crippen LogP contribution is 2.48. The van der Waals surface area contributed by atoms with Crippen molar-refractivity contribution in [2.45, 2.75) is 39.5 Å². The van der Waals surface area contributed by atoms with Crippen molar-refractivity contribution in [3.05, 3.63) is 30.1 Å². The molecule has 0 unspecified atom stereocenters. The van der Waals surface area contributed by atoms with Crippen LogP contribution in [-0.4, -0.2) is 29.8 Å². The summed E-state index contributed by atoms with van der Waals surface area (Å²) in [5.41, 5.74) is -0.401. The zero-order chi connectivity index (χ0) is 16.2. The average Bonchev–Trinajstić information content (AvgIpc) is 3.30. The van der Waals surface area contributed by atoms with E-state index in [0.717, 1.165) is 12.8 Å². The maximum atomic E-state index is 12.9. The van der Waals surface area contributed by atoms with Gasteiger partial charge in [-0.25, -0.2) is 4.39 Å². The largest absolute Gasteiger partial charge is 0.342 e. The molecule has 1 aliphatic rings. The normalized spacial score (nSPS) is 15.2. The first kappa shape index (κ1) is 16.5. The van der Waals surface area contributed by atoms with Gasteiger partial charge in [0.25, 0.3) is 0 Å². The number of carbonyl (C=O) groups is 2. The summed E-state index contributed by atoms with van der Waals surface area (Å²) >= 11 is 0. The Labute approximate surface area is 130 Å². The van der Waals surface area contributed by atoms with Gasteiger partial charge in [0.15, 0.2) is 0 Å². The van der Waals surface area contributed by atoms with Gasteiger partial charge in [-0.3, -0.25) is 9.59 Å². The Balaban J connectivity index is 2.07. The fourth-order valence-corrected chi connectivity index (χ4v) is 2.60. The zero-order valence-electron chi connectivity index (χ0n) is 13.2. The number of anilines is 1. The molecule has 0 radical (unpaired) electrons. The Hall–Kier alpha value is -1.91. The third-order valence-electron chi connectivity index (χ3n) is 3.97. The molecular weight excluding hydrogens is 283 g/mol. The van der Waals surface area contributed by atoms with Gasteiger partial charge in [0.05, 0.1) is 0 Å². The molecule has 0 aromatic heterocycles. The minimum atomic E-state index is -0.918. The fourth-order valence-electron chi connectivity index (χ4n) is 2.60. The summed E-state index contributed by atoms with van der Waals surface area (Å²) in [4.78, 5) is 27.0. The van der Waals surface area contributed by atoms with Crippen molar-refractivity contribution in [2.75, 3.05) is 18.4 Å². The molecule has 1 fully saturated rings. The molecule has 0 spiro atoms. The molecule has 0 heterocycles. The number of nitrogens with zero attached hydrogens (tertiary/aromatic N) is 1. The van der Waals surface area contributed by atoms with Crippen molar-refractivity contribution in [3.8, 4) is 0 Å². The predicted molar refractivity (Wildman–Crippen MR) is 83.9 cm³/mol. The Kier molecular flexibility index (Phi) is 5.16. The predicted octanol–water partition coefficient (Wildman–Crippen LogP) is 3.19. The van der Waals surface area contributed by atoms with Gasteiger partial charge in [-0.2, -0.15) is 0 Å². The number of hydrogen-bond donors (Lipinski definition) is 1. The standard InChI is InChI=1S/C17H23FN2O2/c1-3-11-20(12-4-2)16(22)17(9-10-17)15(21)19-14-7-5-13(18)6-8-14/h5-8H,3-4,9-12H2,1-2H3,(H,19,21). The molecule has 120 valence electrons. The molecule has 4 nitrogen and oxygen atoms in total. The first-order valence-electron chi connectivity index (χ1n) is 7.90. The summed E-state index contributed by atoms with van der Waals surface area (Å²) in [5, 5.41) is 2.74. The van der Waals surface area contributed by atoms with Crippen LogP contribution in [0.4, 0.5) is 10.1 Å². The molecular formula is C17H23FN2O2. The molecule has 2 amide bonds. The van der Waals surface area contributed by atoms with Crippen LogP contribution in [0.1, 0.15) is 39.5 Å². The van der Waals surface area contributed by atoms with E-state index in [-0.39, 0.29) is 17.6 Å². The van der Waals surface area contributed by atoms with E-state index in [1.807, 2.05) is 13.8 Å². The SMILES string of the molecule is CCCN(CCC)C(=O)C1(C(=O)Nc2ccc(F)cc2)CC1. The summed E-state index contributed by atoms with van der Waals surface area (Å²) in [5.74, 6) is -0.704. The molecule has 0 atom stereocenters. The molecule has 22 heavy (non-hydrogen) atoms. The van der Waals surface area contributed by atoms with E-state index in [9.17, 15) is 14.0 Å². The lowest BCUT2D eigenvalue weighted by molar-refractivity contribution is -0.142. The van der Waals surface area contributed by atoms with Crippen molar-refractivity contribution in [1.82, 2.24) is 4.90 Å².